The van der Waals surface area contributed by atoms with E-state index < -0.39 is 36.3 Å². The van der Waals surface area contributed by atoms with Gasteiger partial charge in [0, 0.05) is 42.1 Å². The fraction of sp³-hybridized carbons (Fsp3) is 0. The fourth-order valence-electron chi connectivity index (χ4n) is 0. The Hall–Kier alpha value is 11.6. The minimum Gasteiger partial charge on any atom is -0.870 e. The Kier molecular flexibility index (Phi) is 289. The molecule has 0 amide bonds. The summed E-state index contributed by atoms with van der Waals surface area (Å²) in [6, 6.07) is 0. The van der Waals surface area contributed by atoms with E-state index in [4.69, 9.17) is 41.2 Å². The van der Waals surface area contributed by atoms with Gasteiger partial charge in [-0.1, -0.05) is 0 Å². The van der Waals surface area contributed by atoms with Crippen molar-refractivity contribution in [2.45, 2.75) is 0 Å². The molecular weight excluding hydrogens is 1100 g/mol. The molecule has 0 spiro atoms. The molecule has 36 heavy (non-hydrogen) atoms. The zero-order chi connectivity index (χ0) is 12.8. The number of rotatable bonds is 0. The summed E-state index contributed by atoms with van der Waals surface area (Å²) in [4.78, 5) is 0. The normalized spacial score (nSPS) is 9.00. The summed E-state index contributed by atoms with van der Waals surface area (Å²) in [5.74, 6) is 0. The minimum atomic E-state index is -9.62. The SMILES string of the molecule is O.O.[K+].[K+].[K+].[K+].[K+].[K+].[Mo].[Mo].[O-2].[O-2].[O-2].[O-2].[O-][I+]([O-])([O-])([O-])([O-])[O-].[O-][I+]([O-])([O-])([O-])([O-])[O-].[OH-].[OH-].[OH-].[OH-].[OH-].[OH-].[OH-].[OH-]. The smallest absolute Gasteiger partial charge is 0.870 e. The molecule has 12 N–H and O–H groups in total. The second-order valence-corrected chi connectivity index (χ2v) is 12.7. The first-order valence-corrected chi connectivity index (χ1v) is 12.4. The maximum absolute atomic E-state index is 9.62. The van der Waals surface area contributed by atoms with Crippen molar-refractivity contribution in [3.8, 4) is 0 Å². The zero-order valence-corrected chi connectivity index (χ0v) is 45.7. The largest absolute Gasteiger partial charge is 0.870 e. The van der Waals surface area contributed by atoms with Gasteiger partial charge in [0.2, 0.25) is 0 Å². The van der Waals surface area contributed by atoms with Gasteiger partial charge in [-0.05, 0) is 0 Å². The molecule has 0 aromatic heterocycles. The number of hydrogen-bond acceptors (Lipinski definition) is 20. The van der Waals surface area contributed by atoms with Gasteiger partial charge >= 0.3 is 386 Å². The van der Waals surface area contributed by atoms with Crippen LogP contribution < -0.4 is 386 Å². The molecular formula is H12I2K6Mo2O26-20. The van der Waals surface area contributed by atoms with Gasteiger partial charge in [0.15, 0.2) is 0 Å². The summed E-state index contributed by atoms with van der Waals surface area (Å²) in [7, 11) is 0. The first kappa shape index (κ1) is 186. The summed E-state index contributed by atoms with van der Waals surface area (Å²) < 4.78 is 104. The van der Waals surface area contributed by atoms with E-state index in [0.717, 1.165) is 0 Å². The van der Waals surface area contributed by atoms with Crippen LogP contribution in [-0.2, 0) is 64.0 Å². The Morgan fingerprint density at radius 2 is 0.250 bits per heavy atom. The third kappa shape index (κ3) is 673. The molecule has 0 radical (unpaired) electrons. The fourth-order valence-corrected chi connectivity index (χ4v) is 0. The Balaban J connectivity index is -0.00000000226. The van der Waals surface area contributed by atoms with Crippen molar-refractivity contribution in [1.82, 2.24) is 0 Å². The number of halogens is 2. The predicted octanol–water partition coefficient (Wildman–Crippen LogP) is -41.8. The average molecular weight is 1110 g/mol. The van der Waals surface area contributed by atoms with Crippen LogP contribution in [0.4, 0.5) is 0 Å². The van der Waals surface area contributed by atoms with Crippen LogP contribution in [0.3, 0.4) is 0 Å². The van der Waals surface area contributed by atoms with Crippen LogP contribution in [-0.4, -0.2) is 54.8 Å². The third-order valence-electron chi connectivity index (χ3n) is 0. The molecule has 0 rings (SSSR count). The molecule has 36 heteroatoms. The summed E-state index contributed by atoms with van der Waals surface area (Å²) in [5, 5.41) is 0. The van der Waals surface area contributed by atoms with Gasteiger partial charge in [0.25, 0.3) is 0 Å². The van der Waals surface area contributed by atoms with E-state index in [9.17, 15) is 0 Å². The van der Waals surface area contributed by atoms with Crippen LogP contribution in [0, 0.1) is 0 Å². The van der Waals surface area contributed by atoms with Gasteiger partial charge < -0.3 is 76.7 Å². The van der Waals surface area contributed by atoms with E-state index in [1.165, 1.54) is 0 Å². The molecule has 0 aromatic rings. The van der Waals surface area contributed by atoms with Crippen molar-refractivity contribution in [2.75, 3.05) is 0 Å². The molecule has 0 fully saturated rings. The zero-order valence-electron chi connectivity index (χ0n) is 18.7. The molecule has 220 valence electrons. The van der Waals surface area contributed by atoms with Crippen molar-refractivity contribution >= 4 is 0 Å². The Morgan fingerprint density at radius 3 is 0.250 bits per heavy atom. The van der Waals surface area contributed by atoms with Gasteiger partial charge in [-0.3, -0.25) is 0 Å². The van der Waals surface area contributed by atoms with Crippen molar-refractivity contribution in [3.63, 3.8) is 0 Å². The molecule has 0 aliphatic heterocycles. The summed E-state index contributed by atoms with van der Waals surface area (Å²) in [6.07, 6.45) is 0. The number of hydrogen-bond donors (Lipinski definition) is 0. The molecule has 0 aromatic carbocycles. The predicted molar refractivity (Wildman–Crippen MR) is 25.5 cm³/mol. The van der Waals surface area contributed by atoms with E-state index in [2.05, 4.69) is 0 Å². The van der Waals surface area contributed by atoms with E-state index in [1.807, 2.05) is 0 Å². The van der Waals surface area contributed by atoms with Gasteiger partial charge in [0.1, 0.15) is 0 Å². The average Bonchev–Trinajstić information content (AvgIpc) is 0.938. The molecule has 0 unspecified atom stereocenters. The molecule has 0 saturated carbocycles. The molecule has 26 nitrogen and oxygen atoms in total. The standard InChI is InChI=1S/2IO6.6K.2Mo.10H2O.4O/c2*2-1(3,4,5,6)7;;;;;;;;;;;;;;;;;;;;;;/h;;;;;;;;;;10*1H2;;;;/q2*-5;6*+1;;;;;;;;;;;;;4*-2/p-8. The van der Waals surface area contributed by atoms with Crippen LogP contribution in [0.15, 0.2) is 0 Å². The first-order chi connectivity index (χ1) is 4.90. The molecule has 0 aliphatic rings. The maximum atomic E-state index is 8.66. The van der Waals surface area contributed by atoms with E-state index in [0.29, 0.717) is 0 Å². The Bertz CT molecular complexity index is 192. The second-order valence-electron chi connectivity index (χ2n) is 1.89. The Labute approximate surface area is 488 Å². The van der Waals surface area contributed by atoms with E-state index >= 15 is 0 Å². The monoisotopic (exact) mass is 1110 g/mol. The third-order valence-corrected chi connectivity index (χ3v) is 0. The summed E-state index contributed by atoms with van der Waals surface area (Å²) in [5.41, 5.74) is 0. The van der Waals surface area contributed by atoms with Gasteiger partial charge in [-0.15, -0.1) is 0 Å². The van der Waals surface area contributed by atoms with Crippen LogP contribution in [0.2, 0.25) is 0 Å². The second kappa shape index (κ2) is 56.0. The Morgan fingerprint density at radius 1 is 0.250 bits per heavy atom. The van der Waals surface area contributed by atoms with E-state index in [-0.39, 0.29) is 427 Å². The molecule has 0 atom stereocenters. The first-order valence-electron chi connectivity index (χ1n) is 1.85. The van der Waals surface area contributed by atoms with E-state index in [1.54, 1.807) is 0 Å². The quantitative estimate of drug-likeness (QED) is 0.161. The minimum absolute atomic E-state index is 0. The van der Waals surface area contributed by atoms with Gasteiger partial charge in [-0.25, -0.2) is 0 Å². The van der Waals surface area contributed by atoms with Crippen LogP contribution in [0.25, 0.3) is 0 Å². The van der Waals surface area contributed by atoms with Gasteiger partial charge in [-0.2, -0.15) is 0 Å². The van der Waals surface area contributed by atoms with Crippen molar-refractivity contribution in [3.05, 3.63) is 0 Å². The van der Waals surface area contributed by atoms with Crippen LogP contribution in [0.5, 0.6) is 0 Å². The van der Waals surface area contributed by atoms with Crippen molar-refractivity contribution in [1.29, 1.82) is 0 Å². The maximum Gasteiger partial charge on any atom is -0.870 e. The summed E-state index contributed by atoms with van der Waals surface area (Å²) in [6.45, 7) is 0. The van der Waals surface area contributed by atoms with Crippen molar-refractivity contribution in [2.24, 2.45) is 0 Å². The topological polar surface area (TPSA) is 694 Å². The van der Waals surface area contributed by atoms with Gasteiger partial charge in [0.05, 0.1) is 0 Å². The molecule has 0 heterocycles. The summed E-state index contributed by atoms with van der Waals surface area (Å²) >= 11 is -19.2. The van der Waals surface area contributed by atoms with Crippen LogP contribution >= 0.6 is 0 Å². The molecule has 0 aliphatic carbocycles. The van der Waals surface area contributed by atoms with Crippen LogP contribution in [0.1, 0.15) is 0 Å². The molecule has 0 bridgehead atoms. The van der Waals surface area contributed by atoms with Crippen molar-refractivity contribution < 1.29 is 505 Å². The molecule has 0 saturated heterocycles.